The van der Waals surface area contributed by atoms with Gasteiger partial charge < -0.3 is 23.8 Å². The van der Waals surface area contributed by atoms with Crippen molar-refractivity contribution < 1.29 is 59.2 Å². The molecule has 1 aliphatic rings. The fourth-order valence-corrected chi connectivity index (χ4v) is 12.6. The summed E-state index contributed by atoms with van der Waals surface area (Å²) < 4.78 is 103. The molecule has 0 aromatic heterocycles. The van der Waals surface area contributed by atoms with Crippen LogP contribution >= 0.6 is 23.5 Å². The maximum absolute atomic E-state index is 15.8. The van der Waals surface area contributed by atoms with Crippen LogP contribution < -0.4 is 23.8 Å². The van der Waals surface area contributed by atoms with Gasteiger partial charge in [-0.3, -0.25) is 31.9 Å². The highest BCUT2D eigenvalue weighted by Gasteiger charge is 2.39. The Bertz CT molecular complexity index is 3650. The number of phosphoric acid groups is 3. The van der Waals surface area contributed by atoms with Crippen LogP contribution in [0, 0.1) is 0 Å². The van der Waals surface area contributed by atoms with Crippen LogP contribution in [-0.4, -0.2) is 12.5 Å². The minimum Gasteiger partial charge on any atom is -0.404 e. The van der Waals surface area contributed by atoms with Crippen LogP contribution in [0.1, 0.15) is 97.1 Å². The Hall–Kier alpha value is -7.90. The number of hydrogen-bond donors (Lipinski definition) is 1. The van der Waals surface area contributed by atoms with Crippen molar-refractivity contribution >= 4 is 46.4 Å². The fraction of sp³-hybridized carbons (Fsp3) is 0.214. The van der Waals surface area contributed by atoms with Gasteiger partial charge in [0, 0.05) is 18.7 Å². The lowest BCUT2D eigenvalue weighted by molar-refractivity contribution is 0.0990. The third-order valence-electron chi connectivity index (χ3n) is 13.9. The Labute approximate surface area is 516 Å². The molecule has 0 fully saturated rings. The molecule has 8 aromatic carbocycles. The molecular weight excluding hydrogens is 1170 g/mol. The van der Waals surface area contributed by atoms with Crippen LogP contribution in [0.5, 0.6) is 17.2 Å². The lowest BCUT2D eigenvalue weighted by Gasteiger charge is -2.26. The van der Waals surface area contributed by atoms with Gasteiger partial charge >= 0.3 is 23.5 Å². The van der Waals surface area contributed by atoms with Crippen LogP contribution in [0.4, 0.5) is 17.1 Å². The molecule has 0 atom stereocenters. The van der Waals surface area contributed by atoms with E-state index in [-0.39, 0.29) is 86.1 Å². The molecule has 0 aliphatic carbocycles. The zero-order chi connectivity index (χ0) is 61.6. The summed E-state index contributed by atoms with van der Waals surface area (Å²) in [6.45, 7) is 7.20. The molecule has 0 bridgehead atoms. The first-order valence-corrected chi connectivity index (χ1v) is 33.4. The molecule has 8 aromatic rings. The summed E-state index contributed by atoms with van der Waals surface area (Å²) in [6, 6.07) is 62.3. The zero-order valence-corrected chi connectivity index (χ0v) is 52.5. The largest absolute Gasteiger partial charge is 0.530 e. The molecule has 0 spiro atoms. The standard InChI is InChI=1S/C70H73N2O13P3/c1-54(2)26-23-27-55(3)28-24-29-56(4)44-45-72-65-46-63(83-86(74,77-48-57-30-11-5-12-31-57)78-49-58-32-13-6-14-33-58)47-67(85-88(76,81-52-61-38-19-9-20-39-61)82-53-62-40-21-10-22-41-62)69(65)71-68-64(70(72)73)42-25-43-66(68)84-87(75,79-50-59-34-15-7-16-35-59)80-51-60-36-17-8-18-37-60/h5-22,25-26,28,30-44,46-47,71H,23-24,27,29,45,48-53H2,1-4H3. The molecule has 88 heavy (non-hydrogen) atoms. The number of benzene rings is 8. The number of allylic oxidation sites excluding steroid dienone is 5. The lowest BCUT2D eigenvalue weighted by Crippen LogP contribution is -2.30. The van der Waals surface area contributed by atoms with Gasteiger partial charge in [-0.05, 0) is 98.9 Å². The molecule has 0 radical (unpaired) electrons. The summed E-state index contributed by atoms with van der Waals surface area (Å²) in [6.07, 6.45) is 9.75. The van der Waals surface area contributed by atoms with Crippen LogP contribution in [0.25, 0.3) is 0 Å². The second-order valence-corrected chi connectivity index (χ2v) is 25.9. The molecule has 1 heterocycles. The van der Waals surface area contributed by atoms with Gasteiger partial charge in [0.1, 0.15) is 11.4 Å². The molecule has 9 rings (SSSR count). The summed E-state index contributed by atoms with van der Waals surface area (Å²) in [5, 5.41) is 3.39. The number of fused-ring (bicyclic) bond motifs is 2. The molecular formula is C70H73N2O13P3. The first-order chi connectivity index (χ1) is 42.7. The smallest absolute Gasteiger partial charge is 0.404 e. The average molecular weight is 1240 g/mol. The predicted molar refractivity (Wildman–Crippen MR) is 345 cm³/mol. The Morgan fingerprint density at radius 2 is 0.773 bits per heavy atom. The minimum atomic E-state index is -4.78. The Morgan fingerprint density at radius 1 is 0.409 bits per heavy atom. The topological polar surface area (TPSA) is 167 Å². The van der Waals surface area contributed by atoms with Crippen molar-refractivity contribution in [2.24, 2.45) is 0 Å². The van der Waals surface area contributed by atoms with Gasteiger partial charge in [0.15, 0.2) is 11.5 Å². The zero-order valence-electron chi connectivity index (χ0n) is 49.8. The highest BCUT2D eigenvalue weighted by atomic mass is 31.2. The number of phosphoric ester groups is 3. The quantitative estimate of drug-likeness (QED) is 0.0312. The van der Waals surface area contributed by atoms with E-state index in [4.69, 9.17) is 40.7 Å². The Kier molecular flexibility index (Phi) is 23.4. The second kappa shape index (κ2) is 31.8. The second-order valence-electron chi connectivity index (χ2n) is 21.2. The monoisotopic (exact) mass is 1240 g/mol. The van der Waals surface area contributed by atoms with Gasteiger partial charge in [0.25, 0.3) is 5.91 Å². The molecule has 1 aliphatic heterocycles. The first-order valence-electron chi connectivity index (χ1n) is 29.0. The van der Waals surface area contributed by atoms with E-state index >= 15 is 18.5 Å². The molecule has 0 saturated carbocycles. The van der Waals surface area contributed by atoms with Crippen LogP contribution in [0.3, 0.4) is 0 Å². The average Bonchev–Trinajstić information content (AvgIpc) is 1.70. The minimum absolute atomic E-state index is 0.0179. The van der Waals surface area contributed by atoms with Gasteiger partial charge in [0.2, 0.25) is 0 Å². The van der Waals surface area contributed by atoms with Crippen LogP contribution in [-0.2, 0) is 80.5 Å². The Morgan fingerprint density at radius 3 is 1.17 bits per heavy atom. The third-order valence-corrected chi connectivity index (χ3v) is 17.8. The molecule has 0 unspecified atom stereocenters. The van der Waals surface area contributed by atoms with E-state index in [9.17, 15) is 0 Å². The van der Waals surface area contributed by atoms with E-state index < -0.39 is 29.4 Å². The summed E-state index contributed by atoms with van der Waals surface area (Å²) in [5.74, 6) is -1.11. The van der Waals surface area contributed by atoms with E-state index in [1.165, 1.54) is 34.2 Å². The normalized spacial score (nSPS) is 12.8. The first kappa shape index (κ1) is 64.6. The maximum atomic E-state index is 15.8. The molecule has 1 amide bonds. The molecule has 18 heteroatoms. The van der Waals surface area contributed by atoms with Crippen molar-refractivity contribution in [1.82, 2.24) is 0 Å². The summed E-state index contributed by atoms with van der Waals surface area (Å²) in [5.41, 5.74) is 7.81. The number of nitrogens with one attached hydrogen (secondary N) is 1. The highest BCUT2D eigenvalue weighted by molar-refractivity contribution is 7.49. The van der Waals surface area contributed by atoms with E-state index in [1.54, 1.807) is 36.4 Å². The van der Waals surface area contributed by atoms with Crippen molar-refractivity contribution in [2.45, 2.75) is 93.0 Å². The number of hydrogen-bond acceptors (Lipinski definition) is 14. The number of carbonyl (C=O) groups excluding carboxylic acids is 1. The van der Waals surface area contributed by atoms with E-state index in [2.05, 4.69) is 38.2 Å². The summed E-state index contributed by atoms with van der Waals surface area (Å²) in [4.78, 5) is 17.3. The van der Waals surface area contributed by atoms with Gasteiger partial charge in [-0.1, -0.05) is 223 Å². The van der Waals surface area contributed by atoms with Gasteiger partial charge in [-0.25, -0.2) is 13.7 Å². The van der Waals surface area contributed by atoms with Crippen molar-refractivity contribution in [3.05, 3.63) is 286 Å². The third kappa shape index (κ3) is 19.6. The van der Waals surface area contributed by atoms with E-state index in [1.807, 2.05) is 171 Å². The van der Waals surface area contributed by atoms with E-state index in [0.717, 1.165) is 24.8 Å². The Balaban J connectivity index is 1.18. The molecule has 1 N–H and O–H groups in total. The molecule has 456 valence electrons. The summed E-state index contributed by atoms with van der Waals surface area (Å²) >= 11 is 0. The number of nitrogens with zero attached hydrogens (tertiary/aromatic N) is 1. The number of rotatable bonds is 32. The highest BCUT2D eigenvalue weighted by Crippen LogP contribution is 2.60. The van der Waals surface area contributed by atoms with Crippen molar-refractivity contribution in [3.63, 3.8) is 0 Å². The van der Waals surface area contributed by atoms with Gasteiger partial charge in [-0.15, -0.1) is 0 Å². The van der Waals surface area contributed by atoms with Crippen molar-refractivity contribution in [2.75, 3.05) is 16.8 Å². The van der Waals surface area contributed by atoms with Crippen LogP contribution in [0.15, 0.2) is 247 Å². The molecule has 0 saturated heterocycles. The van der Waals surface area contributed by atoms with Crippen molar-refractivity contribution in [1.29, 1.82) is 0 Å². The van der Waals surface area contributed by atoms with Crippen molar-refractivity contribution in [3.8, 4) is 17.2 Å². The number of carbonyl (C=O) groups is 1. The van der Waals surface area contributed by atoms with E-state index in [0.29, 0.717) is 39.8 Å². The SMILES string of the molecule is CC(C)=CCCC(C)=CCCC(C)=CCN1C(=O)c2cccc(OP(=O)(OCc3ccccc3)OCc3ccccc3)c2Nc2c(OP(=O)(OCc3ccccc3)OCc3ccccc3)cc(OP(=O)(OCc3ccccc3)OCc3ccccc3)cc21. The van der Waals surface area contributed by atoms with Crippen LogP contribution in [0.2, 0.25) is 0 Å². The van der Waals surface area contributed by atoms with Gasteiger partial charge in [0.05, 0.1) is 56.6 Å². The number of anilines is 3. The maximum Gasteiger partial charge on any atom is 0.530 e. The lowest BCUT2D eigenvalue weighted by atomic mass is 10.1. The summed E-state index contributed by atoms with van der Waals surface area (Å²) in [7, 11) is -14.0. The molecule has 15 nitrogen and oxygen atoms in total. The fourth-order valence-electron chi connectivity index (χ4n) is 9.11. The predicted octanol–water partition coefficient (Wildman–Crippen LogP) is 19.6. The number of amides is 1. The number of para-hydroxylation sites is 1. The van der Waals surface area contributed by atoms with Gasteiger partial charge in [-0.2, -0.15) is 0 Å².